The summed E-state index contributed by atoms with van der Waals surface area (Å²) in [4.78, 5) is 24.9. The van der Waals surface area contributed by atoms with Gasteiger partial charge in [-0.3, -0.25) is 4.79 Å². The molecule has 5 nitrogen and oxygen atoms in total. The Kier molecular flexibility index (Phi) is 4.46. The Hall–Kier alpha value is -1.79. The maximum absolute atomic E-state index is 13.2. The van der Waals surface area contributed by atoms with Crippen LogP contribution in [0.15, 0.2) is 12.3 Å². The first kappa shape index (κ1) is 16.1. The molecular weight excluding hydrogens is 302 g/mol. The van der Waals surface area contributed by atoms with Gasteiger partial charge in [0.05, 0.1) is 0 Å². The molecule has 2 aliphatic heterocycles. The molecule has 0 aromatic carbocycles. The largest absolute Gasteiger partial charge is 0.342 e. The first-order valence-electron chi connectivity index (χ1n) is 8.16. The van der Waals surface area contributed by atoms with Crippen LogP contribution in [0.4, 0.5) is 14.7 Å². The maximum Gasteiger partial charge on any atom is 0.251 e. The third-order valence-electron chi connectivity index (χ3n) is 4.72. The fourth-order valence-electron chi connectivity index (χ4n) is 3.23. The fourth-order valence-corrected chi connectivity index (χ4v) is 3.23. The summed E-state index contributed by atoms with van der Waals surface area (Å²) < 4.78 is 26.4. The second kappa shape index (κ2) is 6.37. The topological polar surface area (TPSA) is 49.3 Å². The second-order valence-corrected chi connectivity index (χ2v) is 6.44. The monoisotopic (exact) mass is 324 g/mol. The molecule has 1 aromatic heterocycles. The molecule has 1 amide bonds. The predicted octanol–water partition coefficient (Wildman–Crippen LogP) is 2.26. The third kappa shape index (κ3) is 3.76. The van der Waals surface area contributed by atoms with Crippen molar-refractivity contribution in [3.8, 4) is 0 Å². The Morgan fingerprint density at radius 2 is 1.87 bits per heavy atom. The fraction of sp³-hybridized carbons (Fsp3) is 0.688. The van der Waals surface area contributed by atoms with E-state index in [1.54, 1.807) is 11.1 Å². The van der Waals surface area contributed by atoms with Gasteiger partial charge in [-0.05, 0) is 25.8 Å². The van der Waals surface area contributed by atoms with Crippen LogP contribution >= 0.6 is 0 Å². The van der Waals surface area contributed by atoms with Crippen LogP contribution in [0.1, 0.15) is 31.4 Å². The van der Waals surface area contributed by atoms with Gasteiger partial charge in [0.2, 0.25) is 11.9 Å². The highest BCUT2D eigenvalue weighted by atomic mass is 19.3. The van der Waals surface area contributed by atoms with E-state index in [1.807, 2.05) is 13.0 Å². The van der Waals surface area contributed by atoms with E-state index in [4.69, 9.17) is 0 Å². The summed E-state index contributed by atoms with van der Waals surface area (Å²) in [6, 6.07) is 1.85. The van der Waals surface area contributed by atoms with Crippen molar-refractivity contribution in [3.05, 3.63) is 18.0 Å². The SMILES string of the molecule is Cc1ccnc(N2CCC(C(=O)N3CCC(F)(F)CC3)CC2)n1. The third-order valence-corrected chi connectivity index (χ3v) is 4.72. The van der Waals surface area contributed by atoms with E-state index in [0.29, 0.717) is 5.95 Å². The summed E-state index contributed by atoms with van der Waals surface area (Å²) in [5.74, 6) is -1.94. The molecule has 2 saturated heterocycles. The Bertz CT molecular complexity index is 563. The highest BCUT2D eigenvalue weighted by Crippen LogP contribution is 2.30. The molecule has 0 unspecified atom stereocenters. The lowest BCUT2D eigenvalue weighted by Crippen LogP contribution is -2.47. The number of hydrogen-bond donors (Lipinski definition) is 0. The van der Waals surface area contributed by atoms with Crippen molar-refractivity contribution in [1.82, 2.24) is 14.9 Å². The maximum atomic E-state index is 13.2. The molecule has 0 radical (unpaired) electrons. The van der Waals surface area contributed by atoms with E-state index in [2.05, 4.69) is 14.9 Å². The van der Waals surface area contributed by atoms with Gasteiger partial charge in [0, 0.05) is 56.8 Å². The molecule has 1 aromatic rings. The van der Waals surface area contributed by atoms with Crippen molar-refractivity contribution in [2.24, 2.45) is 5.92 Å². The van der Waals surface area contributed by atoms with E-state index in [-0.39, 0.29) is 37.8 Å². The van der Waals surface area contributed by atoms with E-state index in [1.165, 1.54) is 0 Å². The number of likely N-dealkylation sites (tertiary alicyclic amines) is 1. The molecule has 2 aliphatic rings. The minimum absolute atomic E-state index is 0.0327. The number of anilines is 1. The molecule has 3 heterocycles. The van der Waals surface area contributed by atoms with Gasteiger partial charge in [-0.2, -0.15) is 0 Å². The van der Waals surface area contributed by atoms with Crippen molar-refractivity contribution in [2.45, 2.75) is 38.5 Å². The van der Waals surface area contributed by atoms with Gasteiger partial charge in [-0.25, -0.2) is 18.7 Å². The van der Waals surface area contributed by atoms with Crippen molar-refractivity contribution >= 4 is 11.9 Å². The number of rotatable bonds is 2. The average Bonchev–Trinajstić information content (AvgIpc) is 2.54. The van der Waals surface area contributed by atoms with E-state index >= 15 is 0 Å². The molecule has 0 saturated carbocycles. The van der Waals surface area contributed by atoms with E-state index < -0.39 is 5.92 Å². The number of piperidine rings is 2. The second-order valence-electron chi connectivity index (χ2n) is 6.44. The smallest absolute Gasteiger partial charge is 0.251 e. The minimum Gasteiger partial charge on any atom is -0.342 e. The summed E-state index contributed by atoms with van der Waals surface area (Å²) in [7, 11) is 0. The van der Waals surface area contributed by atoms with Crippen LogP contribution in [0.5, 0.6) is 0 Å². The number of hydrogen-bond acceptors (Lipinski definition) is 4. The van der Waals surface area contributed by atoms with Gasteiger partial charge in [0.15, 0.2) is 0 Å². The average molecular weight is 324 g/mol. The molecule has 3 rings (SSSR count). The van der Waals surface area contributed by atoms with Crippen LogP contribution < -0.4 is 4.90 Å². The molecule has 0 atom stereocenters. The zero-order valence-electron chi connectivity index (χ0n) is 13.3. The molecular formula is C16H22F2N4O. The van der Waals surface area contributed by atoms with E-state index in [0.717, 1.165) is 31.6 Å². The highest BCUT2D eigenvalue weighted by Gasteiger charge is 2.38. The zero-order chi connectivity index (χ0) is 16.4. The Morgan fingerprint density at radius 3 is 2.48 bits per heavy atom. The van der Waals surface area contributed by atoms with Crippen LogP contribution in [0.3, 0.4) is 0 Å². The minimum atomic E-state index is -2.61. The standard InChI is InChI=1S/C16H22F2N4O/c1-12-2-7-19-15(20-12)22-8-3-13(4-9-22)14(23)21-10-5-16(17,18)6-11-21/h2,7,13H,3-6,8-11H2,1H3. The van der Waals surface area contributed by atoms with Gasteiger partial charge in [0.25, 0.3) is 5.92 Å². The molecule has 2 fully saturated rings. The summed E-state index contributed by atoms with van der Waals surface area (Å²) in [5.41, 5.74) is 0.919. The lowest BCUT2D eigenvalue weighted by molar-refractivity contribution is -0.142. The van der Waals surface area contributed by atoms with Crippen molar-refractivity contribution in [2.75, 3.05) is 31.1 Å². The van der Waals surface area contributed by atoms with E-state index in [9.17, 15) is 13.6 Å². The van der Waals surface area contributed by atoms with Crippen LogP contribution in [0.25, 0.3) is 0 Å². The molecule has 126 valence electrons. The normalized spacial score (nSPS) is 22.2. The van der Waals surface area contributed by atoms with Crippen LogP contribution in [-0.2, 0) is 4.79 Å². The lowest BCUT2D eigenvalue weighted by atomic mass is 9.94. The summed E-state index contributed by atoms with van der Waals surface area (Å²) in [6.45, 7) is 3.72. The first-order valence-corrected chi connectivity index (χ1v) is 8.16. The summed E-state index contributed by atoms with van der Waals surface area (Å²) in [6.07, 6.45) is 2.76. The number of amides is 1. The van der Waals surface area contributed by atoms with Crippen LogP contribution in [0.2, 0.25) is 0 Å². The number of halogens is 2. The summed E-state index contributed by atoms with van der Waals surface area (Å²) >= 11 is 0. The van der Waals surface area contributed by atoms with Crippen LogP contribution in [-0.4, -0.2) is 52.9 Å². The highest BCUT2D eigenvalue weighted by molar-refractivity contribution is 5.79. The van der Waals surface area contributed by atoms with Crippen LogP contribution in [0, 0.1) is 12.8 Å². The van der Waals surface area contributed by atoms with Gasteiger partial charge < -0.3 is 9.80 Å². The van der Waals surface area contributed by atoms with Gasteiger partial charge >= 0.3 is 0 Å². The van der Waals surface area contributed by atoms with Gasteiger partial charge in [-0.1, -0.05) is 0 Å². The number of carbonyl (C=O) groups is 1. The summed E-state index contributed by atoms with van der Waals surface area (Å²) in [5, 5.41) is 0. The molecule has 0 aliphatic carbocycles. The van der Waals surface area contributed by atoms with Gasteiger partial charge in [-0.15, -0.1) is 0 Å². The van der Waals surface area contributed by atoms with Crippen molar-refractivity contribution in [1.29, 1.82) is 0 Å². The molecule has 0 bridgehead atoms. The van der Waals surface area contributed by atoms with Crippen molar-refractivity contribution < 1.29 is 13.6 Å². The zero-order valence-corrected chi connectivity index (χ0v) is 13.3. The number of alkyl halides is 2. The molecule has 7 heteroatoms. The lowest BCUT2D eigenvalue weighted by Gasteiger charge is -2.37. The molecule has 23 heavy (non-hydrogen) atoms. The number of carbonyl (C=O) groups excluding carboxylic acids is 1. The quantitative estimate of drug-likeness (QED) is 0.837. The number of aromatic nitrogens is 2. The number of aryl methyl sites for hydroxylation is 1. The van der Waals surface area contributed by atoms with Crippen molar-refractivity contribution in [3.63, 3.8) is 0 Å². The Morgan fingerprint density at radius 1 is 1.22 bits per heavy atom. The Labute approximate surface area is 134 Å². The van der Waals surface area contributed by atoms with Gasteiger partial charge in [0.1, 0.15) is 0 Å². The molecule has 0 spiro atoms. The first-order chi connectivity index (χ1) is 10.9. The predicted molar refractivity (Wildman–Crippen MR) is 82.5 cm³/mol. The molecule has 0 N–H and O–H groups in total. The Balaban J connectivity index is 1.54. The number of nitrogens with zero attached hydrogens (tertiary/aromatic N) is 4.